The van der Waals surface area contributed by atoms with Crippen LogP contribution >= 0.6 is 11.3 Å². The van der Waals surface area contributed by atoms with Crippen molar-refractivity contribution in [1.82, 2.24) is 14.9 Å². The minimum atomic E-state index is -2.82. The third-order valence-electron chi connectivity index (χ3n) is 4.56. The number of unbranched alkanes of at least 4 members (excludes halogenated alkanes) is 2. The third-order valence-corrected chi connectivity index (χ3v) is 5.53. The summed E-state index contributed by atoms with van der Waals surface area (Å²) in [6.07, 6.45) is 15.3. The Morgan fingerprint density at radius 2 is 1.89 bits per heavy atom. The Morgan fingerprint density at radius 1 is 1.30 bits per heavy atom. The second kappa shape index (κ2) is 25.3. The van der Waals surface area contributed by atoms with E-state index in [2.05, 4.69) is 55.1 Å². The molecule has 214 valence electrons. The summed E-state index contributed by atoms with van der Waals surface area (Å²) < 4.78 is 30.6. The molecule has 1 atom stereocenters. The van der Waals surface area contributed by atoms with Crippen molar-refractivity contribution < 1.29 is 13.5 Å². The molecule has 0 unspecified atom stereocenters. The van der Waals surface area contributed by atoms with E-state index in [1.54, 1.807) is 20.2 Å². The molecule has 0 bridgehead atoms. The van der Waals surface area contributed by atoms with Crippen molar-refractivity contribution in [3.05, 3.63) is 24.2 Å². The van der Waals surface area contributed by atoms with Crippen molar-refractivity contribution in [2.24, 2.45) is 11.0 Å². The van der Waals surface area contributed by atoms with E-state index < -0.39 is 12.5 Å². The molecule has 0 aliphatic rings. The van der Waals surface area contributed by atoms with Gasteiger partial charge in [0.15, 0.2) is 6.61 Å². The Balaban J connectivity index is -0.000000739. The van der Waals surface area contributed by atoms with Crippen LogP contribution in [0.3, 0.4) is 0 Å². The number of terminal acetylenes is 1. The number of thiazole rings is 1. The van der Waals surface area contributed by atoms with Gasteiger partial charge in [0.1, 0.15) is 0 Å². The van der Waals surface area contributed by atoms with Crippen LogP contribution in [0.5, 0.6) is 5.19 Å². The maximum absolute atomic E-state index is 12.8. The number of nitrogens with zero attached hydrogens (tertiary/aromatic N) is 4. The maximum atomic E-state index is 12.8. The Hall–Kier alpha value is -2.31. The quantitative estimate of drug-likeness (QED) is 0.0654. The minimum absolute atomic E-state index is 0.332. The van der Waals surface area contributed by atoms with Crippen molar-refractivity contribution in [1.29, 1.82) is 5.41 Å². The molecule has 1 aromatic heterocycles. The van der Waals surface area contributed by atoms with E-state index in [9.17, 15) is 8.78 Å². The Bertz CT molecular complexity index is 740. The first kappa shape index (κ1) is 39.2. The van der Waals surface area contributed by atoms with Gasteiger partial charge >= 0.3 is 0 Å². The smallest absolute Gasteiger partial charge is 0.278 e. The fourth-order valence-electron chi connectivity index (χ4n) is 2.73. The van der Waals surface area contributed by atoms with Gasteiger partial charge in [0.2, 0.25) is 0 Å². The van der Waals surface area contributed by atoms with Crippen LogP contribution in [0.4, 0.5) is 8.78 Å². The number of nitrogens with one attached hydrogen (secondary N) is 1. The standard InChI is InChI=1S/C18H32F2N2OS.C6H10N2.C2H5N.C2H4/c1-5-6-7-8-15(2)9-11-22(4)12-10-16-13-21-17(24-16)23-14-18(3,19)20;1-5-8(4)7-6(2)3;1-2-3;1-2/h13,15H,5-12,14H2,1-4H3;1H,2-4H3;2-3H,1H3;1-2H2/t15-;;;/m0.../s1. The van der Waals surface area contributed by atoms with E-state index in [4.69, 9.17) is 16.6 Å². The molecule has 0 radical (unpaired) electrons. The van der Waals surface area contributed by atoms with Gasteiger partial charge in [0, 0.05) is 43.3 Å². The lowest BCUT2D eigenvalue weighted by Gasteiger charge is -2.19. The second-order valence-corrected chi connectivity index (χ2v) is 9.96. The van der Waals surface area contributed by atoms with Crippen LogP contribution < -0.4 is 4.74 Å². The molecule has 1 N–H and O–H groups in total. The Morgan fingerprint density at radius 3 is 2.35 bits per heavy atom. The van der Waals surface area contributed by atoms with Crippen LogP contribution in [0.15, 0.2) is 24.5 Å². The van der Waals surface area contributed by atoms with Crippen molar-refractivity contribution in [3.8, 4) is 17.7 Å². The number of likely N-dealkylation sites (N-methyl/N-ethyl adjacent to an activating group) is 1. The SMILES string of the molecule is C#CN(C)N=C(C)C.C=C.CC=N.CCCCC[C@H](C)CCN(C)CCc1cnc(OCC(C)(F)F)s1. The number of hydrogen-bond donors (Lipinski definition) is 1. The minimum Gasteiger partial charge on any atom is -0.464 e. The van der Waals surface area contributed by atoms with Gasteiger partial charge in [-0.1, -0.05) is 57.3 Å². The first-order valence-corrected chi connectivity index (χ1v) is 13.5. The molecule has 6 nitrogen and oxygen atoms in total. The van der Waals surface area contributed by atoms with E-state index >= 15 is 0 Å². The highest BCUT2D eigenvalue weighted by atomic mass is 32.1. The monoisotopic (exact) mass is 543 g/mol. The molecular weight excluding hydrogens is 492 g/mol. The zero-order valence-electron chi connectivity index (χ0n) is 24.4. The van der Waals surface area contributed by atoms with Crippen LogP contribution in [-0.2, 0) is 6.42 Å². The highest BCUT2D eigenvalue weighted by Crippen LogP contribution is 2.23. The van der Waals surface area contributed by atoms with Gasteiger partial charge < -0.3 is 15.0 Å². The first-order chi connectivity index (χ1) is 17.4. The van der Waals surface area contributed by atoms with E-state index in [1.165, 1.54) is 54.7 Å². The average molecular weight is 544 g/mol. The fraction of sp³-hybridized carbons (Fsp3) is 0.679. The summed E-state index contributed by atoms with van der Waals surface area (Å²) in [6, 6.07) is 2.34. The van der Waals surface area contributed by atoms with Crippen molar-refractivity contribution in [3.63, 3.8) is 0 Å². The molecule has 0 amide bonds. The average Bonchev–Trinajstić information content (AvgIpc) is 3.29. The molecule has 0 spiro atoms. The zero-order valence-corrected chi connectivity index (χ0v) is 25.3. The van der Waals surface area contributed by atoms with Gasteiger partial charge in [-0.15, -0.1) is 13.2 Å². The summed E-state index contributed by atoms with van der Waals surface area (Å²) in [6.45, 7) is 18.3. The number of hydrazone groups is 1. The largest absolute Gasteiger partial charge is 0.464 e. The van der Waals surface area contributed by atoms with Crippen LogP contribution in [0, 0.1) is 23.8 Å². The number of ether oxygens (including phenoxy) is 1. The van der Waals surface area contributed by atoms with Crippen LogP contribution in [0.25, 0.3) is 0 Å². The highest BCUT2D eigenvalue weighted by molar-refractivity contribution is 7.13. The molecule has 0 aliphatic carbocycles. The van der Waals surface area contributed by atoms with Crippen molar-refractivity contribution in [2.45, 2.75) is 86.0 Å². The van der Waals surface area contributed by atoms with Crippen LogP contribution in [-0.4, -0.2) is 66.5 Å². The van der Waals surface area contributed by atoms with Crippen molar-refractivity contribution in [2.75, 3.05) is 33.8 Å². The van der Waals surface area contributed by atoms with Gasteiger partial charge in [0.05, 0.1) is 0 Å². The normalized spacial score (nSPS) is 10.8. The Kier molecular flexibility index (Phi) is 26.9. The number of rotatable bonds is 14. The first-order valence-electron chi connectivity index (χ1n) is 12.7. The maximum Gasteiger partial charge on any atom is 0.278 e. The molecule has 0 aliphatic heterocycles. The number of halogens is 2. The zero-order chi connectivity index (χ0) is 29.3. The van der Waals surface area contributed by atoms with E-state index in [1.807, 2.05) is 13.8 Å². The number of alkyl halides is 2. The topological polar surface area (TPSA) is 64.8 Å². The van der Waals surface area contributed by atoms with Gasteiger partial charge in [-0.3, -0.25) is 0 Å². The molecule has 0 fully saturated rings. The summed E-state index contributed by atoms with van der Waals surface area (Å²) >= 11 is 1.36. The van der Waals surface area contributed by atoms with Crippen molar-refractivity contribution >= 4 is 23.3 Å². The van der Waals surface area contributed by atoms with Gasteiger partial charge in [-0.2, -0.15) is 5.10 Å². The van der Waals surface area contributed by atoms with Crippen LogP contribution in [0.2, 0.25) is 0 Å². The van der Waals surface area contributed by atoms with E-state index in [0.29, 0.717) is 5.19 Å². The van der Waals surface area contributed by atoms with Crippen LogP contribution in [0.1, 0.15) is 78.5 Å². The third kappa shape index (κ3) is 29.8. The van der Waals surface area contributed by atoms with Gasteiger partial charge in [0.25, 0.3) is 11.1 Å². The highest BCUT2D eigenvalue weighted by Gasteiger charge is 2.22. The molecule has 1 rings (SSSR count). The van der Waals surface area contributed by atoms with E-state index in [0.717, 1.165) is 42.9 Å². The lowest BCUT2D eigenvalue weighted by atomic mass is 10.00. The summed E-state index contributed by atoms with van der Waals surface area (Å²) in [5.41, 5.74) is 0.963. The fourth-order valence-corrected chi connectivity index (χ4v) is 3.48. The van der Waals surface area contributed by atoms with Gasteiger partial charge in [-0.05, 0) is 59.3 Å². The lowest BCUT2D eigenvalue weighted by molar-refractivity contribution is -0.0230. The predicted molar refractivity (Wildman–Crippen MR) is 158 cm³/mol. The lowest BCUT2D eigenvalue weighted by Crippen LogP contribution is -2.23. The Labute approximate surface area is 229 Å². The summed E-state index contributed by atoms with van der Waals surface area (Å²) in [7, 11) is 3.86. The summed E-state index contributed by atoms with van der Waals surface area (Å²) in [4.78, 5) is 7.46. The van der Waals surface area contributed by atoms with E-state index in [-0.39, 0.29) is 0 Å². The van der Waals surface area contributed by atoms with Gasteiger partial charge in [-0.25, -0.2) is 18.8 Å². The molecule has 0 saturated heterocycles. The predicted octanol–water partition coefficient (Wildman–Crippen LogP) is 7.62. The second-order valence-electron chi connectivity index (χ2n) is 8.88. The molecule has 0 aromatic carbocycles. The summed E-state index contributed by atoms with van der Waals surface area (Å²) in [5, 5.41) is 11.8. The molecule has 9 heteroatoms. The number of hydrogen-bond acceptors (Lipinski definition) is 7. The molecular formula is C28H51F2N5OS. The number of aromatic nitrogens is 1. The molecule has 1 heterocycles. The molecule has 37 heavy (non-hydrogen) atoms. The molecule has 0 saturated carbocycles. The molecule has 1 aromatic rings. The summed E-state index contributed by atoms with van der Waals surface area (Å²) in [5.74, 6) is -2.04.